The number of aryl methyl sites for hydroxylation is 3. The van der Waals surface area contributed by atoms with Crippen molar-refractivity contribution in [1.29, 1.82) is 0 Å². The summed E-state index contributed by atoms with van der Waals surface area (Å²) in [5.41, 5.74) is 2.60. The maximum absolute atomic E-state index is 13.4. The van der Waals surface area contributed by atoms with Crippen LogP contribution in [0.5, 0.6) is 11.8 Å². The molecule has 6 heterocycles. The van der Waals surface area contributed by atoms with E-state index in [4.69, 9.17) is 4.74 Å². The molecule has 5 aromatic rings. The third-order valence-corrected chi connectivity index (χ3v) is 5.77. The van der Waals surface area contributed by atoms with Crippen molar-refractivity contribution in [1.82, 2.24) is 49.3 Å². The number of halogens is 3. The number of fused-ring (bicyclic) bond motifs is 4. The second-order valence-corrected chi connectivity index (χ2v) is 7.95. The van der Waals surface area contributed by atoms with Crippen LogP contribution in [0.25, 0.3) is 17.2 Å². The van der Waals surface area contributed by atoms with E-state index in [0.29, 0.717) is 17.1 Å². The zero-order valence-corrected chi connectivity index (χ0v) is 18.2. The summed E-state index contributed by atoms with van der Waals surface area (Å²) in [5.74, 6) is 0.354. The van der Waals surface area contributed by atoms with Crippen LogP contribution in [0.15, 0.2) is 24.8 Å². The number of nitrogens with one attached hydrogen (secondary N) is 1. The Morgan fingerprint density at radius 1 is 1.18 bits per heavy atom. The molecule has 1 aliphatic heterocycles. The first-order valence-corrected chi connectivity index (χ1v) is 10.4. The highest BCUT2D eigenvalue weighted by molar-refractivity contribution is 5.67. The second-order valence-electron chi connectivity index (χ2n) is 7.95. The van der Waals surface area contributed by atoms with Gasteiger partial charge in [0, 0.05) is 36.6 Å². The molecule has 0 aromatic carbocycles. The average Bonchev–Trinajstić information content (AvgIpc) is 3.57. The van der Waals surface area contributed by atoms with Gasteiger partial charge in [-0.2, -0.15) is 23.4 Å². The number of alkyl halides is 3. The van der Waals surface area contributed by atoms with Gasteiger partial charge in [-0.1, -0.05) is 0 Å². The molecule has 14 heteroatoms. The molecule has 0 spiro atoms. The first-order valence-electron chi connectivity index (χ1n) is 10.4. The molecule has 0 amide bonds. The first kappa shape index (κ1) is 20.4. The first-order chi connectivity index (χ1) is 16.2. The number of rotatable bonds is 3. The molecule has 0 saturated carbocycles. The summed E-state index contributed by atoms with van der Waals surface area (Å²) >= 11 is 0. The van der Waals surface area contributed by atoms with E-state index in [2.05, 4.69) is 35.5 Å². The number of nitrogens with zero attached hydrogens (tertiary/aromatic N) is 9. The Hall–Kier alpha value is -4.23. The van der Waals surface area contributed by atoms with Gasteiger partial charge in [0.2, 0.25) is 17.6 Å². The van der Waals surface area contributed by atoms with Gasteiger partial charge in [0.1, 0.15) is 17.7 Å². The minimum absolute atomic E-state index is 0.0152. The van der Waals surface area contributed by atoms with E-state index >= 15 is 0 Å². The number of hydrogen-bond donors (Lipinski definition) is 1. The highest BCUT2D eigenvalue weighted by Crippen LogP contribution is 2.48. The van der Waals surface area contributed by atoms with Crippen molar-refractivity contribution in [3.63, 3.8) is 0 Å². The van der Waals surface area contributed by atoms with Crippen molar-refractivity contribution in [2.45, 2.75) is 32.5 Å². The monoisotopic (exact) mass is 470 g/mol. The minimum atomic E-state index is -4.55. The summed E-state index contributed by atoms with van der Waals surface area (Å²) in [6.45, 7) is 3.52. The molecule has 1 atom stereocenters. The van der Waals surface area contributed by atoms with Gasteiger partial charge < -0.3 is 4.74 Å². The fourth-order valence-electron chi connectivity index (χ4n) is 4.29. The molecule has 174 valence electrons. The normalized spacial score (nSPS) is 15.4. The lowest BCUT2D eigenvalue weighted by atomic mass is 9.86. The summed E-state index contributed by atoms with van der Waals surface area (Å²) in [5, 5.41) is 19.9. The van der Waals surface area contributed by atoms with Crippen molar-refractivity contribution in [2.75, 3.05) is 0 Å². The molecule has 0 radical (unpaired) electrons. The van der Waals surface area contributed by atoms with Gasteiger partial charge in [-0.15, -0.1) is 10.2 Å². The van der Waals surface area contributed by atoms with Crippen molar-refractivity contribution in [2.24, 2.45) is 7.05 Å². The molecule has 0 saturated heterocycles. The molecule has 34 heavy (non-hydrogen) atoms. The van der Waals surface area contributed by atoms with Crippen molar-refractivity contribution in [3.8, 4) is 23.3 Å². The highest BCUT2D eigenvalue weighted by atomic mass is 19.4. The molecule has 0 bridgehead atoms. The molecule has 0 aliphatic carbocycles. The molecule has 6 rings (SSSR count). The smallest absolute Gasteiger partial charge is 0.418 e. The van der Waals surface area contributed by atoms with E-state index in [-0.39, 0.29) is 29.9 Å². The zero-order valence-electron chi connectivity index (χ0n) is 18.2. The molecular formula is C20H17F3N10O. The molecule has 1 aliphatic rings. The van der Waals surface area contributed by atoms with Crippen LogP contribution in [0.3, 0.4) is 0 Å². The highest BCUT2D eigenvalue weighted by Gasteiger charge is 2.38. The van der Waals surface area contributed by atoms with Gasteiger partial charge in [0.15, 0.2) is 5.65 Å². The third-order valence-electron chi connectivity index (χ3n) is 5.77. The lowest BCUT2D eigenvalue weighted by Gasteiger charge is -2.24. The van der Waals surface area contributed by atoms with E-state index in [9.17, 15) is 13.2 Å². The fraction of sp³-hybridized carbons (Fsp3) is 0.300. The quantitative estimate of drug-likeness (QED) is 0.422. The molecule has 11 nitrogen and oxygen atoms in total. The summed E-state index contributed by atoms with van der Waals surface area (Å²) in [6, 6.07) is 0.950. The van der Waals surface area contributed by atoms with E-state index in [1.807, 2.05) is 20.2 Å². The topological polar surface area (TPSA) is 117 Å². The maximum atomic E-state index is 13.4. The van der Waals surface area contributed by atoms with Crippen LogP contribution >= 0.6 is 0 Å². The molecule has 0 unspecified atom stereocenters. The van der Waals surface area contributed by atoms with E-state index in [1.54, 1.807) is 17.8 Å². The zero-order chi connectivity index (χ0) is 23.8. The van der Waals surface area contributed by atoms with E-state index in [1.165, 1.54) is 10.8 Å². The summed E-state index contributed by atoms with van der Waals surface area (Å²) in [4.78, 5) is 8.94. The van der Waals surface area contributed by atoms with Gasteiger partial charge in [-0.3, -0.25) is 14.5 Å². The van der Waals surface area contributed by atoms with Gasteiger partial charge in [-0.05, 0) is 19.9 Å². The van der Waals surface area contributed by atoms with Gasteiger partial charge in [0.25, 0.3) is 0 Å². The van der Waals surface area contributed by atoms with E-state index in [0.717, 1.165) is 27.6 Å². The van der Waals surface area contributed by atoms with Crippen molar-refractivity contribution < 1.29 is 17.9 Å². The standard InChI is InChI=1S/C20H17F3N10O/c1-4-32-12(20(21,22)23)5-11(29-32)16-26-17-15-14(10-6-25-31(3)7-10)13-9(2)27-28-19(13)34-18(15)24-8-33(17)30-16/h5-8,14H,4H2,1-3H3,(H,27,28)/t14-/m0/s1. The number of ether oxygens (including phenoxy) is 1. The number of H-pyrrole nitrogens is 1. The van der Waals surface area contributed by atoms with Crippen LogP contribution in [0, 0.1) is 6.92 Å². The maximum Gasteiger partial charge on any atom is 0.433 e. The third kappa shape index (κ3) is 2.90. The molecular weight excluding hydrogens is 453 g/mol. The largest absolute Gasteiger partial charge is 0.433 e. The summed E-state index contributed by atoms with van der Waals surface area (Å²) in [6.07, 6.45) is 0.455. The second kappa shape index (κ2) is 6.88. The Balaban J connectivity index is 1.57. The van der Waals surface area contributed by atoms with Crippen molar-refractivity contribution >= 4 is 5.65 Å². The number of aromatic nitrogens is 10. The SMILES string of the molecule is CCn1nc(-c2nc3c4c(ncn3n2)Oc2n[nH]c(C)c2[C@@H]4c2cnn(C)c2)cc1C(F)(F)F. The van der Waals surface area contributed by atoms with Crippen LogP contribution in [-0.4, -0.2) is 49.3 Å². The van der Waals surface area contributed by atoms with Crippen molar-refractivity contribution in [3.05, 3.63) is 52.9 Å². The van der Waals surface area contributed by atoms with Crippen LogP contribution < -0.4 is 4.74 Å². The number of aromatic amines is 1. The van der Waals surface area contributed by atoms with Gasteiger partial charge in [0.05, 0.1) is 17.7 Å². The predicted molar refractivity (Wildman–Crippen MR) is 110 cm³/mol. The Morgan fingerprint density at radius 3 is 2.68 bits per heavy atom. The number of hydrogen-bond acceptors (Lipinski definition) is 7. The Bertz CT molecular complexity index is 1560. The van der Waals surface area contributed by atoms with Gasteiger partial charge in [-0.25, -0.2) is 14.5 Å². The van der Waals surface area contributed by atoms with Crippen LogP contribution in [0.2, 0.25) is 0 Å². The Kier molecular flexibility index (Phi) is 4.13. The lowest BCUT2D eigenvalue weighted by molar-refractivity contribution is -0.144. The van der Waals surface area contributed by atoms with Gasteiger partial charge >= 0.3 is 6.18 Å². The molecule has 0 fully saturated rings. The summed E-state index contributed by atoms with van der Waals surface area (Å²) in [7, 11) is 1.81. The van der Waals surface area contributed by atoms with Crippen LogP contribution in [-0.2, 0) is 19.8 Å². The van der Waals surface area contributed by atoms with Crippen LogP contribution in [0.1, 0.15) is 40.9 Å². The minimum Gasteiger partial charge on any atom is -0.418 e. The lowest BCUT2D eigenvalue weighted by Crippen LogP contribution is -2.14. The Labute approximate surface area is 189 Å². The predicted octanol–water partition coefficient (Wildman–Crippen LogP) is 3.08. The fourth-order valence-corrected chi connectivity index (χ4v) is 4.29. The summed E-state index contributed by atoms with van der Waals surface area (Å²) < 4.78 is 50.2. The van der Waals surface area contributed by atoms with E-state index < -0.39 is 11.9 Å². The van der Waals surface area contributed by atoms with Crippen LogP contribution in [0.4, 0.5) is 13.2 Å². The molecule has 1 N–H and O–H groups in total. The average molecular weight is 470 g/mol. The molecule has 5 aromatic heterocycles. The Morgan fingerprint density at radius 2 is 2.00 bits per heavy atom.